The molecule has 1 N–H and O–H groups in total. The smallest absolute Gasteiger partial charge is 0.251 e. The van der Waals surface area contributed by atoms with Crippen molar-refractivity contribution in [3.05, 3.63) is 70.7 Å². The van der Waals surface area contributed by atoms with Crippen LogP contribution in [-0.2, 0) is 6.54 Å². The van der Waals surface area contributed by atoms with E-state index < -0.39 is 0 Å². The van der Waals surface area contributed by atoms with Crippen molar-refractivity contribution in [3.8, 4) is 11.3 Å². The lowest BCUT2D eigenvalue weighted by Crippen LogP contribution is -2.22. The van der Waals surface area contributed by atoms with Crippen LogP contribution < -0.4 is 5.32 Å². The van der Waals surface area contributed by atoms with Crippen LogP contribution in [-0.4, -0.2) is 16.0 Å². The molecule has 5 heteroatoms. The largest absolute Gasteiger partial charge is 0.359 e. The number of aryl methyl sites for hydroxylation is 3. The van der Waals surface area contributed by atoms with Crippen LogP contribution in [0.2, 0.25) is 0 Å². The fourth-order valence-corrected chi connectivity index (χ4v) is 2.87. The maximum Gasteiger partial charge on any atom is 0.251 e. The number of rotatable bonds is 4. The van der Waals surface area contributed by atoms with Crippen LogP contribution in [0.5, 0.6) is 0 Å². The molecular weight excluding hydrogens is 302 g/mol. The van der Waals surface area contributed by atoms with Crippen LogP contribution in [0.4, 0.5) is 0 Å². The predicted molar refractivity (Wildman–Crippen MR) is 91.6 cm³/mol. The van der Waals surface area contributed by atoms with E-state index in [9.17, 15) is 4.79 Å². The maximum absolute atomic E-state index is 12.0. The SMILES string of the molecule is Cc1cc(C)c(-c2cc(CNC(=O)c3ccncc3)on2)c(C)c1. The lowest BCUT2D eigenvalue weighted by Gasteiger charge is -2.07. The standard InChI is InChI=1S/C19H19N3O2/c1-12-8-13(2)18(14(3)9-12)17-10-16(24-22-17)11-21-19(23)15-4-6-20-7-5-15/h4-10H,11H2,1-3H3,(H,21,23). The first kappa shape index (κ1) is 15.9. The quantitative estimate of drug-likeness (QED) is 0.797. The molecule has 122 valence electrons. The van der Waals surface area contributed by atoms with E-state index in [0.29, 0.717) is 11.3 Å². The molecule has 0 saturated carbocycles. The lowest BCUT2D eigenvalue weighted by molar-refractivity contribution is 0.0947. The molecule has 0 fully saturated rings. The third kappa shape index (κ3) is 3.35. The number of nitrogens with one attached hydrogen (secondary N) is 1. The Bertz CT molecular complexity index is 846. The number of carbonyl (C=O) groups is 1. The average Bonchev–Trinajstić information content (AvgIpc) is 3.01. The first-order valence-corrected chi connectivity index (χ1v) is 7.76. The number of carbonyl (C=O) groups excluding carboxylic acids is 1. The van der Waals surface area contributed by atoms with Gasteiger partial charge in [0.1, 0.15) is 5.69 Å². The molecule has 3 rings (SSSR count). The van der Waals surface area contributed by atoms with Gasteiger partial charge in [-0.25, -0.2) is 0 Å². The second-order valence-electron chi connectivity index (χ2n) is 5.87. The Morgan fingerprint density at radius 1 is 1.08 bits per heavy atom. The number of hydrogen-bond acceptors (Lipinski definition) is 4. The number of hydrogen-bond donors (Lipinski definition) is 1. The van der Waals surface area contributed by atoms with Crippen LogP contribution >= 0.6 is 0 Å². The van der Waals surface area contributed by atoms with Crippen molar-refractivity contribution >= 4 is 5.91 Å². The molecule has 0 aliphatic heterocycles. The number of nitrogens with zero attached hydrogens (tertiary/aromatic N) is 2. The van der Waals surface area contributed by atoms with Crippen molar-refractivity contribution < 1.29 is 9.32 Å². The van der Waals surface area contributed by atoms with Crippen LogP contribution in [0.25, 0.3) is 11.3 Å². The fourth-order valence-electron chi connectivity index (χ4n) is 2.87. The summed E-state index contributed by atoms with van der Waals surface area (Å²) in [7, 11) is 0. The third-order valence-corrected chi connectivity index (χ3v) is 3.86. The van der Waals surface area contributed by atoms with E-state index in [-0.39, 0.29) is 12.5 Å². The second kappa shape index (κ2) is 6.66. The van der Waals surface area contributed by atoms with Crippen molar-refractivity contribution in [2.75, 3.05) is 0 Å². The van der Waals surface area contributed by atoms with E-state index in [4.69, 9.17) is 4.52 Å². The summed E-state index contributed by atoms with van der Waals surface area (Å²) in [4.78, 5) is 15.9. The van der Waals surface area contributed by atoms with Gasteiger partial charge >= 0.3 is 0 Å². The van der Waals surface area contributed by atoms with Gasteiger partial charge in [0.05, 0.1) is 6.54 Å². The van der Waals surface area contributed by atoms with Gasteiger partial charge in [-0.1, -0.05) is 22.9 Å². The highest BCUT2D eigenvalue weighted by molar-refractivity contribution is 5.93. The van der Waals surface area contributed by atoms with E-state index in [1.54, 1.807) is 24.5 Å². The monoisotopic (exact) mass is 321 g/mol. The summed E-state index contributed by atoms with van der Waals surface area (Å²) in [5.41, 5.74) is 5.98. The van der Waals surface area contributed by atoms with Crippen molar-refractivity contribution in [1.82, 2.24) is 15.5 Å². The summed E-state index contributed by atoms with van der Waals surface area (Å²) in [5.74, 6) is 0.449. The van der Waals surface area contributed by atoms with Crippen molar-refractivity contribution in [2.24, 2.45) is 0 Å². The van der Waals surface area contributed by atoms with Gasteiger partial charge in [-0.15, -0.1) is 0 Å². The van der Waals surface area contributed by atoms with Gasteiger partial charge < -0.3 is 9.84 Å². The number of aromatic nitrogens is 2. The lowest BCUT2D eigenvalue weighted by atomic mass is 9.97. The highest BCUT2D eigenvalue weighted by atomic mass is 16.5. The summed E-state index contributed by atoms with van der Waals surface area (Å²) in [6.07, 6.45) is 3.18. The Hall–Kier alpha value is -2.95. The second-order valence-corrected chi connectivity index (χ2v) is 5.87. The molecule has 2 aromatic heterocycles. The van der Waals surface area contributed by atoms with E-state index in [1.165, 1.54) is 5.56 Å². The Balaban J connectivity index is 1.74. The minimum Gasteiger partial charge on any atom is -0.359 e. The van der Waals surface area contributed by atoms with Crippen molar-refractivity contribution in [1.29, 1.82) is 0 Å². The summed E-state index contributed by atoms with van der Waals surface area (Å²) in [5, 5.41) is 6.97. The molecular formula is C19H19N3O2. The van der Waals surface area contributed by atoms with Gasteiger partial charge in [-0.3, -0.25) is 9.78 Å². The van der Waals surface area contributed by atoms with Crippen LogP contribution in [0.3, 0.4) is 0 Å². The Morgan fingerprint density at radius 2 is 1.75 bits per heavy atom. The topological polar surface area (TPSA) is 68.0 Å². The molecule has 0 unspecified atom stereocenters. The first-order valence-electron chi connectivity index (χ1n) is 7.76. The zero-order valence-corrected chi connectivity index (χ0v) is 14.0. The van der Waals surface area contributed by atoms with E-state index >= 15 is 0 Å². The van der Waals surface area contributed by atoms with Crippen molar-refractivity contribution in [3.63, 3.8) is 0 Å². The first-order chi connectivity index (χ1) is 11.5. The summed E-state index contributed by atoms with van der Waals surface area (Å²) in [6.45, 7) is 6.49. The highest BCUT2D eigenvalue weighted by Gasteiger charge is 2.13. The minimum atomic E-state index is -0.168. The normalized spacial score (nSPS) is 10.6. The van der Waals surface area contributed by atoms with Gasteiger partial charge in [-0.05, 0) is 44.0 Å². The number of benzene rings is 1. The molecule has 3 aromatic rings. The van der Waals surface area contributed by atoms with Gasteiger partial charge in [0.25, 0.3) is 5.91 Å². The Kier molecular flexibility index (Phi) is 4.42. The predicted octanol–water partition coefficient (Wildman–Crippen LogP) is 3.59. The zero-order valence-electron chi connectivity index (χ0n) is 14.0. The van der Waals surface area contributed by atoms with Crippen LogP contribution in [0, 0.1) is 20.8 Å². The van der Waals surface area contributed by atoms with Gasteiger partial charge in [-0.2, -0.15) is 0 Å². The maximum atomic E-state index is 12.0. The molecule has 5 nitrogen and oxygen atoms in total. The molecule has 2 heterocycles. The molecule has 1 amide bonds. The Morgan fingerprint density at radius 3 is 2.42 bits per heavy atom. The summed E-state index contributed by atoms with van der Waals surface area (Å²) >= 11 is 0. The molecule has 1 aromatic carbocycles. The minimum absolute atomic E-state index is 0.168. The average molecular weight is 321 g/mol. The molecule has 0 bridgehead atoms. The summed E-state index contributed by atoms with van der Waals surface area (Å²) < 4.78 is 5.37. The molecule has 0 atom stereocenters. The van der Waals surface area contributed by atoms with Crippen molar-refractivity contribution in [2.45, 2.75) is 27.3 Å². The fraction of sp³-hybridized carbons (Fsp3) is 0.211. The molecule has 24 heavy (non-hydrogen) atoms. The molecule has 0 radical (unpaired) electrons. The van der Waals surface area contributed by atoms with E-state index in [0.717, 1.165) is 22.4 Å². The number of amides is 1. The molecule has 0 saturated heterocycles. The van der Waals surface area contributed by atoms with Gasteiger partial charge in [0.15, 0.2) is 5.76 Å². The molecule has 0 spiro atoms. The zero-order chi connectivity index (χ0) is 17.1. The highest BCUT2D eigenvalue weighted by Crippen LogP contribution is 2.27. The van der Waals surface area contributed by atoms with Gasteiger partial charge in [0.2, 0.25) is 0 Å². The van der Waals surface area contributed by atoms with E-state index in [1.807, 2.05) is 6.07 Å². The summed E-state index contributed by atoms with van der Waals surface area (Å²) in [6, 6.07) is 9.46. The van der Waals surface area contributed by atoms with E-state index in [2.05, 4.69) is 48.4 Å². The van der Waals surface area contributed by atoms with Crippen LogP contribution in [0.15, 0.2) is 47.2 Å². The molecule has 0 aliphatic carbocycles. The Labute approximate surface area is 140 Å². The number of pyridine rings is 1. The van der Waals surface area contributed by atoms with Gasteiger partial charge in [0, 0.05) is 29.6 Å². The molecule has 0 aliphatic rings. The third-order valence-electron chi connectivity index (χ3n) is 3.86. The van der Waals surface area contributed by atoms with Crippen LogP contribution in [0.1, 0.15) is 32.8 Å².